The Balaban J connectivity index is 2.22. The molecular weight excluding hydrogens is 258 g/mol. The van der Waals surface area contributed by atoms with Gasteiger partial charge in [0.1, 0.15) is 5.82 Å². The van der Waals surface area contributed by atoms with E-state index < -0.39 is 0 Å². The number of benzene rings is 2. The summed E-state index contributed by atoms with van der Waals surface area (Å²) >= 11 is 0. The first-order valence-corrected chi connectivity index (χ1v) is 6.92. The molecule has 0 aliphatic carbocycles. The van der Waals surface area contributed by atoms with E-state index in [0.29, 0.717) is 11.6 Å². The number of hydrogen-bond donors (Lipinski definition) is 1. The summed E-state index contributed by atoms with van der Waals surface area (Å²) in [5, 5.41) is 0. The molecule has 104 valence electrons. The SMILES string of the molecule is Cc1ccccc1-c1nc(N)c(C)c(-c2ccccc2)n1. The maximum Gasteiger partial charge on any atom is 0.162 e. The molecule has 21 heavy (non-hydrogen) atoms. The predicted molar refractivity (Wildman–Crippen MR) is 86.8 cm³/mol. The van der Waals surface area contributed by atoms with Gasteiger partial charge in [-0.3, -0.25) is 0 Å². The van der Waals surface area contributed by atoms with Crippen molar-refractivity contribution in [2.75, 3.05) is 5.73 Å². The average molecular weight is 275 g/mol. The van der Waals surface area contributed by atoms with E-state index in [9.17, 15) is 0 Å². The molecule has 0 atom stereocenters. The van der Waals surface area contributed by atoms with E-state index in [-0.39, 0.29) is 0 Å². The zero-order chi connectivity index (χ0) is 14.8. The van der Waals surface area contributed by atoms with Crippen LogP contribution in [0.2, 0.25) is 0 Å². The summed E-state index contributed by atoms with van der Waals surface area (Å²) in [5.74, 6) is 1.21. The first kappa shape index (κ1) is 13.3. The van der Waals surface area contributed by atoms with Crippen LogP contribution in [0, 0.1) is 13.8 Å². The van der Waals surface area contributed by atoms with E-state index >= 15 is 0 Å². The lowest BCUT2D eigenvalue weighted by Gasteiger charge is -2.11. The lowest BCUT2D eigenvalue weighted by molar-refractivity contribution is 1.15. The van der Waals surface area contributed by atoms with Crippen LogP contribution in [0.1, 0.15) is 11.1 Å². The second kappa shape index (κ2) is 5.37. The highest BCUT2D eigenvalue weighted by Gasteiger charge is 2.12. The molecule has 0 spiro atoms. The van der Waals surface area contributed by atoms with Crippen molar-refractivity contribution in [2.45, 2.75) is 13.8 Å². The Hall–Kier alpha value is -2.68. The Labute approximate surface area is 124 Å². The van der Waals surface area contributed by atoms with Gasteiger partial charge in [-0.05, 0) is 19.4 Å². The summed E-state index contributed by atoms with van der Waals surface area (Å²) < 4.78 is 0. The minimum Gasteiger partial charge on any atom is -0.383 e. The molecule has 0 bridgehead atoms. The second-order valence-electron chi connectivity index (χ2n) is 5.09. The highest BCUT2D eigenvalue weighted by molar-refractivity contribution is 5.71. The quantitative estimate of drug-likeness (QED) is 0.768. The van der Waals surface area contributed by atoms with Crippen LogP contribution in [0.15, 0.2) is 54.6 Å². The molecule has 0 unspecified atom stereocenters. The average Bonchev–Trinajstić information content (AvgIpc) is 2.51. The lowest BCUT2D eigenvalue weighted by Crippen LogP contribution is -2.03. The van der Waals surface area contributed by atoms with Crippen molar-refractivity contribution in [2.24, 2.45) is 0 Å². The highest BCUT2D eigenvalue weighted by Crippen LogP contribution is 2.28. The van der Waals surface area contributed by atoms with Crippen molar-refractivity contribution in [3.05, 3.63) is 65.7 Å². The Bertz CT molecular complexity index is 780. The van der Waals surface area contributed by atoms with E-state index in [4.69, 9.17) is 10.7 Å². The summed E-state index contributed by atoms with van der Waals surface area (Å²) in [6.45, 7) is 4.01. The fraction of sp³-hybridized carbons (Fsp3) is 0.111. The highest BCUT2D eigenvalue weighted by atomic mass is 15.0. The fourth-order valence-electron chi connectivity index (χ4n) is 2.36. The van der Waals surface area contributed by atoms with Gasteiger partial charge in [0, 0.05) is 16.7 Å². The lowest BCUT2D eigenvalue weighted by atomic mass is 10.1. The van der Waals surface area contributed by atoms with E-state index in [1.165, 1.54) is 0 Å². The number of aryl methyl sites for hydroxylation is 1. The first-order valence-electron chi connectivity index (χ1n) is 6.92. The van der Waals surface area contributed by atoms with E-state index in [1.54, 1.807) is 0 Å². The molecular formula is C18H17N3. The molecule has 3 aromatic rings. The molecule has 0 radical (unpaired) electrons. The Kier molecular flexibility index (Phi) is 3.40. The summed E-state index contributed by atoms with van der Waals surface area (Å²) in [6.07, 6.45) is 0. The minimum atomic E-state index is 0.530. The molecule has 0 saturated carbocycles. The number of nitrogens with two attached hydrogens (primary N) is 1. The van der Waals surface area contributed by atoms with Crippen LogP contribution in [-0.4, -0.2) is 9.97 Å². The zero-order valence-corrected chi connectivity index (χ0v) is 12.2. The third-order valence-electron chi connectivity index (χ3n) is 3.62. The van der Waals surface area contributed by atoms with Crippen LogP contribution in [0.4, 0.5) is 5.82 Å². The normalized spacial score (nSPS) is 10.6. The minimum absolute atomic E-state index is 0.530. The van der Waals surface area contributed by atoms with Crippen molar-refractivity contribution >= 4 is 5.82 Å². The van der Waals surface area contributed by atoms with Crippen molar-refractivity contribution in [1.82, 2.24) is 9.97 Å². The molecule has 1 heterocycles. The predicted octanol–water partition coefficient (Wildman–Crippen LogP) is 4.01. The van der Waals surface area contributed by atoms with Crippen molar-refractivity contribution in [3.8, 4) is 22.6 Å². The Morgan fingerprint density at radius 2 is 1.48 bits per heavy atom. The first-order chi connectivity index (χ1) is 10.2. The van der Waals surface area contributed by atoms with Gasteiger partial charge >= 0.3 is 0 Å². The summed E-state index contributed by atoms with van der Waals surface area (Å²) in [5.41, 5.74) is 11.1. The number of anilines is 1. The summed E-state index contributed by atoms with van der Waals surface area (Å²) in [7, 11) is 0. The van der Waals surface area contributed by atoms with Crippen molar-refractivity contribution < 1.29 is 0 Å². The monoisotopic (exact) mass is 275 g/mol. The topological polar surface area (TPSA) is 51.8 Å². The third-order valence-corrected chi connectivity index (χ3v) is 3.62. The molecule has 2 N–H and O–H groups in total. The molecule has 0 fully saturated rings. The van der Waals surface area contributed by atoms with Crippen LogP contribution in [-0.2, 0) is 0 Å². The van der Waals surface area contributed by atoms with Gasteiger partial charge in [0.05, 0.1) is 5.69 Å². The van der Waals surface area contributed by atoms with E-state index in [2.05, 4.69) is 18.0 Å². The number of aromatic nitrogens is 2. The molecule has 0 amide bonds. The van der Waals surface area contributed by atoms with Gasteiger partial charge in [-0.2, -0.15) is 0 Å². The van der Waals surface area contributed by atoms with E-state index in [1.807, 2.05) is 55.5 Å². The zero-order valence-electron chi connectivity index (χ0n) is 12.2. The number of nitrogen functional groups attached to an aromatic ring is 1. The molecule has 3 nitrogen and oxygen atoms in total. The molecule has 0 aliphatic heterocycles. The van der Waals surface area contributed by atoms with Crippen LogP contribution in [0.3, 0.4) is 0 Å². The fourth-order valence-corrected chi connectivity index (χ4v) is 2.36. The molecule has 0 aliphatic rings. The number of hydrogen-bond acceptors (Lipinski definition) is 3. The van der Waals surface area contributed by atoms with Crippen LogP contribution >= 0.6 is 0 Å². The number of rotatable bonds is 2. The molecule has 2 aromatic carbocycles. The van der Waals surface area contributed by atoms with Gasteiger partial charge in [-0.1, -0.05) is 54.6 Å². The molecule has 3 heteroatoms. The van der Waals surface area contributed by atoms with Crippen LogP contribution in [0.25, 0.3) is 22.6 Å². The smallest absolute Gasteiger partial charge is 0.162 e. The number of nitrogens with zero attached hydrogens (tertiary/aromatic N) is 2. The van der Waals surface area contributed by atoms with Gasteiger partial charge in [-0.25, -0.2) is 9.97 Å². The molecule has 1 aromatic heterocycles. The largest absolute Gasteiger partial charge is 0.383 e. The van der Waals surface area contributed by atoms with Gasteiger partial charge in [0.25, 0.3) is 0 Å². The Morgan fingerprint density at radius 1 is 0.810 bits per heavy atom. The van der Waals surface area contributed by atoms with Gasteiger partial charge in [-0.15, -0.1) is 0 Å². The van der Waals surface area contributed by atoms with Gasteiger partial charge in [0.15, 0.2) is 5.82 Å². The van der Waals surface area contributed by atoms with Crippen molar-refractivity contribution in [1.29, 1.82) is 0 Å². The van der Waals surface area contributed by atoms with Crippen LogP contribution in [0.5, 0.6) is 0 Å². The second-order valence-corrected chi connectivity index (χ2v) is 5.09. The van der Waals surface area contributed by atoms with Gasteiger partial charge in [0.2, 0.25) is 0 Å². The molecule has 0 saturated heterocycles. The molecule has 3 rings (SSSR count). The Morgan fingerprint density at radius 3 is 2.19 bits per heavy atom. The van der Waals surface area contributed by atoms with Crippen LogP contribution < -0.4 is 5.73 Å². The third kappa shape index (κ3) is 2.50. The summed E-state index contributed by atoms with van der Waals surface area (Å²) in [6, 6.07) is 18.1. The summed E-state index contributed by atoms with van der Waals surface area (Å²) in [4.78, 5) is 9.20. The maximum atomic E-state index is 6.10. The standard InChI is InChI=1S/C18H17N3/c1-12-8-6-7-11-15(12)18-20-16(13(2)17(19)21-18)14-9-4-3-5-10-14/h3-11H,1-2H3,(H2,19,20,21). The van der Waals surface area contributed by atoms with Gasteiger partial charge < -0.3 is 5.73 Å². The van der Waals surface area contributed by atoms with Crippen molar-refractivity contribution in [3.63, 3.8) is 0 Å². The van der Waals surface area contributed by atoms with E-state index in [0.717, 1.165) is 27.9 Å². The maximum absolute atomic E-state index is 6.10.